The van der Waals surface area contributed by atoms with Crippen molar-refractivity contribution in [2.24, 2.45) is 11.8 Å². The number of thiazole rings is 1. The van der Waals surface area contributed by atoms with Gasteiger partial charge in [-0.15, -0.1) is 0 Å². The Labute approximate surface area is 112 Å². The van der Waals surface area contributed by atoms with Crippen molar-refractivity contribution in [1.82, 2.24) is 4.98 Å². The fourth-order valence-corrected chi connectivity index (χ4v) is 2.79. The van der Waals surface area contributed by atoms with Gasteiger partial charge in [-0.3, -0.25) is 0 Å². The fourth-order valence-electron chi connectivity index (χ4n) is 1.91. The maximum atomic E-state index is 5.44. The molecule has 2 rings (SSSR count). The van der Waals surface area contributed by atoms with Crippen molar-refractivity contribution in [3.05, 3.63) is 35.5 Å². The summed E-state index contributed by atoms with van der Waals surface area (Å²) in [7, 11) is 0. The molecule has 0 bridgehead atoms. The van der Waals surface area contributed by atoms with Crippen LogP contribution in [0, 0.1) is 12.8 Å². The van der Waals surface area contributed by atoms with Gasteiger partial charge in [-0.05, 0) is 24.8 Å². The third-order valence-electron chi connectivity index (χ3n) is 2.77. The molecule has 0 spiro atoms. The van der Waals surface area contributed by atoms with Gasteiger partial charge in [-0.1, -0.05) is 49.4 Å². The predicted molar refractivity (Wildman–Crippen MR) is 78.6 cm³/mol. The Hall–Kier alpha value is -1.39. The number of benzene rings is 1. The first kappa shape index (κ1) is 13.1. The van der Waals surface area contributed by atoms with E-state index in [0.29, 0.717) is 5.92 Å². The van der Waals surface area contributed by atoms with Crippen molar-refractivity contribution in [2.45, 2.75) is 27.2 Å². The molecule has 1 heterocycles. The second kappa shape index (κ2) is 5.50. The molecule has 3 N–H and O–H groups in total. The van der Waals surface area contributed by atoms with Crippen LogP contribution < -0.4 is 11.3 Å². The Bertz CT molecular complexity index is 514. The van der Waals surface area contributed by atoms with Crippen LogP contribution >= 0.6 is 11.3 Å². The Kier molecular flexibility index (Phi) is 3.99. The van der Waals surface area contributed by atoms with Gasteiger partial charge < -0.3 is 5.43 Å². The third-order valence-corrected chi connectivity index (χ3v) is 3.91. The Balaban J connectivity index is 2.22. The molecule has 0 aliphatic rings. The van der Waals surface area contributed by atoms with Crippen LogP contribution in [0.1, 0.15) is 25.1 Å². The molecule has 0 saturated carbocycles. The average Bonchev–Trinajstić information content (AvgIpc) is 2.71. The summed E-state index contributed by atoms with van der Waals surface area (Å²) >= 11 is 1.59. The molecule has 0 unspecified atom stereocenters. The molecular formula is C14H19N3S. The summed E-state index contributed by atoms with van der Waals surface area (Å²) in [4.78, 5) is 4.52. The lowest BCUT2D eigenvalue weighted by Crippen LogP contribution is -2.05. The first-order valence-electron chi connectivity index (χ1n) is 6.13. The number of aromatic nitrogens is 1. The minimum absolute atomic E-state index is 0.686. The molecule has 2 aromatic rings. The van der Waals surface area contributed by atoms with Crippen LogP contribution in [0.2, 0.25) is 0 Å². The Morgan fingerprint density at radius 1 is 1.28 bits per heavy atom. The van der Waals surface area contributed by atoms with Gasteiger partial charge in [0.1, 0.15) is 10.0 Å². The highest BCUT2D eigenvalue weighted by molar-refractivity contribution is 7.19. The van der Waals surface area contributed by atoms with Crippen LogP contribution in [0.5, 0.6) is 0 Å². The molecule has 0 radical (unpaired) electrons. The van der Waals surface area contributed by atoms with E-state index in [1.165, 1.54) is 5.56 Å². The molecule has 0 aliphatic carbocycles. The number of anilines is 1. The summed E-state index contributed by atoms with van der Waals surface area (Å²) in [6.45, 7) is 6.43. The zero-order chi connectivity index (χ0) is 13.1. The minimum Gasteiger partial charge on any atom is -0.314 e. The van der Waals surface area contributed by atoms with Gasteiger partial charge >= 0.3 is 0 Å². The summed E-state index contributed by atoms with van der Waals surface area (Å²) in [5.41, 5.74) is 6.15. The topological polar surface area (TPSA) is 50.9 Å². The Morgan fingerprint density at radius 2 is 1.94 bits per heavy atom. The molecule has 0 aliphatic heterocycles. The number of hydrogen-bond donors (Lipinski definition) is 2. The van der Waals surface area contributed by atoms with E-state index in [2.05, 4.69) is 48.5 Å². The van der Waals surface area contributed by atoms with Gasteiger partial charge in [0.2, 0.25) is 0 Å². The molecule has 4 heteroatoms. The summed E-state index contributed by atoms with van der Waals surface area (Å²) in [6.07, 6.45) is 1.12. The maximum Gasteiger partial charge on any atom is 0.126 e. The lowest BCUT2D eigenvalue weighted by molar-refractivity contribution is 0.647. The van der Waals surface area contributed by atoms with Crippen molar-refractivity contribution in [3.8, 4) is 10.6 Å². The molecule has 1 aromatic heterocycles. The highest BCUT2D eigenvalue weighted by Crippen LogP contribution is 2.31. The number of nitrogens with zero attached hydrogens (tertiary/aromatic N) is 1. The monoisotopic (exact) mass is 261 g/mol. The van der Waals surface area contributed by atoms with Gasteiger partial charge in [0.25, 0.3) is 0 Å². The van der Waals surface area contributed by atoms with E-state index in [0.717, 1.165) is 27.7 Å². The molecular weight excluding hydrogens is 242 g/mol. The standard InChI is InChI=1S/C14H19N3S/c1-9(2)8-11-4-6-12(7-5-11)14-16-10(3)13(17-15)18-14/h4-7,9,17H,8,15H2,1-3H3. The van der Waals surface area contributed by atoms with Gasteiger partial charge in [-0.25, -0.2) is 10.8 Å². The SMILES string of the molecule is Cc1nc(-c2ccc(CC(C)C)cc2)sc1NN. The van der Waals surface area contributed by atoms with Crippen LogP contribution in [0.25, 0.3) is 10.6 Å². The molecule has 0 amide bonds. The molecule has 1 aromatic carbocycles. The van der Waals surface area contributed by atoms with Gasteiger partial charge in [0, 0.05) is 5.56 Å². The summed E-state index contributed by atoms with van der Waals surface area (Å²) < 4.78 is 0. The lowest BCUT2D eigenvalue weighted by Gasteiger charge is -2.05. The van der Waals surface area contributed by atoms with Crippen LogP contribution in [-0.2, 0) is 6.42 Å². The first-order chi connectivity index (χ1) is 8.60. The van der Waals surface area contributed by atoms with Crippen LogP contribution in [-0.4, -0.2) is 4.98 Å². The van der Waals surface area contributed by atoms with E-state index in [-0.39, 0.29) is 0 Å². The fraction of sp³-hybridized carbons (Fsp3) is 0.357. The van der Waals surface area contributed by atoms with Gasteiger partial charge in [0.15, 0.2) is 0 Å². The van der Waals surface area contributed by atoms with E-state index in [9.17, 15) is 0 Å². The number of nitrogen functional groups attached to an aromatic ring is 1. The van der Waals surface area contributed by atoms with Crippen molar-refractivity contribution >= 4 is 16.3 Å². The molecule has 0 atom stereocenters. The molecule has 96 valence electrons. The number of nitrogens with one attached hydrogen (secondary N) is 1. The van der Waals surface area contributed by atoms with E-state index in [1.54, 1.807) is 11.3 Å². The second-order valence-corrected chi connectivity index (χ2v) is 5.87. The minimum atomic E-state index is 0.686. The van der Waals surface area contributed by atoms with Gasteiger partial charge in [0.05, 0.1) is 5.69 Å². The lowest BCUT2D eigenvalue weighted by atomic mass is 10.0. The zero-order valence-corrected chi connectivity index (χ0v) is 11.8. The highest BCUT2D eigenvalue weighted by atomic mass is 32.1. The normalized spacial score (nSPS) is 10.9. The van der Waals surface area contributed by atoms with Crippen molar-refractivity contribution in [3.63, 3.8) is 0 Å². The molecule has 0 saturated heterocycles. The summed E-state index contributed by atoms with van der Waals surface area (Å²) in [6, 6.07) is 8.63. The van der Waals surface area contributed by atoms with E-state index >= 15 is 0 Å². The van der Waals surface area contributed by atoms with Crippen molar-refractivity contribution < 1.29 is 0 Å². The molecule has 3 nitrogen and oxygen atoms in total. The molecule has 18 heavy (non-hydrogen) atoms. The van der Waals surface area contributed by atoms with E-state index < -0.39 is 0 Å². The number of rotatable bonds is 4. The quantitative estimate of drug-likeness (QED) is 0.653. The zero-order valence-electron chi connectivity index (χ0n) is 11.0. The Morgan fingerprint density at radius 3 is 2.44 bits per heavy atom. The van der Waals surface area contributed by atoms with Crippen LogP contribution in [0.3, 0.4) is 0 Å². The summed E-state index contributed by atoms with van der Waals surface area (Å²) in [5, 5.41) is 1.94. The van der Waals surface area contributed by atoms with E-state index in [1.807, 2.05) is 6.92 Å². The van der Waals surface area contributed by atoms with Crippen molar-refractivity contribution in [2.75, 3.05) is 5.43 Å². The van der Waals surface area contributed by atoms with Crippen molar-refractivity contribution in [1.29, 1.82) is 0 Å². The van der Waals surface area contributed by atoms with Crippen LogP contribution in [0.15, 0.2) is 24.3 Å². The second-order valence-electron chi connectivity index (χ2n) is 4.87. The summed E-state index contributed by atoms with van der Waals surface area (Å²) in [5.74, 6) is 6.13. The van der Waals surface area contributed by atoms with Crippen LogP contribution in [0.4, 0.5) is 5.00 Å². The number of hydrazine groups is 1. The average molecular weight is 261 g/mol. The number of hydrogen-bond acceptors (Lipinski definition) is 4. The maximum absolute atomic E-state index is 5.44. The number of aryl methyl sites for hydroxylation is 1. The third kappa shape index (κ3) is 2.89. The number of nitrogens with two attached hydrogens (primary N) is 1. The largest absolute Gasteiger partial charge is 0.314 e. The van der Waals surface area contributed by atoms with Gasteiger partial charge in [-0.2, -0.15) is 0 Å². The smallest absolute Gasteiger partial charge is 0.126 e. The highest BCUT2D eigenvalue weighted by Gasteiger charge is 2.08. The molecule has 0 fully saturated rings. The van der Waals surface area contributed by atoms with E-state index in [4.69, 9.17) is 5.84 Å². The predicted octanol–water partition coefficient (Wildman–Crippen LogP) is 3.60. The first-order valence-corrected chi connectivity index (χ1v) is 6.95.